The van der Waals surface area contributed by atoms with Crippen molar-refractivity contribution in [3.63, 3.8) is 0 Å². The lowest BCUT2D eigenvalue weighted by atomic mass is 9.88. The monoisotopic (exact) mass is 689 g/mol. The Hall–Kier alpha value is -4.77. The SMILES string of the molecule is CC#CCC(NC(=O)[C@@H](Cc1ccccc1)NC(=O)[C@H](N)Cc1ccccc1)C(=O)N[C@H](CCCCN)C(=O)N1CCC(N)(C(=O)OC)CC1. The summed E-state index contributed by atoms with van der Waals surface area (Å²) in [5.41, 5.74) is 18.7. The molecule has 0 aliphatic carbocycles. The van der Waals surface area contributed by atoms with Crippen molar-refractivity contribution in [2.24, 2.45) is 17.2 Å². The molecule has 0 aromatic heterocycles. The molecule has 13 nitrogen and oxygen atoms in total. The van der Waals surface area contributed by atoms with E-state index in [9.17, 15) is 24.0 Å². The molecular weight excluding hydrogens is 638 g/mol. The molecule has 0 spiro atoms. The lowest BCUT2D eigenvalue weighted by Crippen LogP contribution is -2.60. The van der Waals surface area contributed by atoms with Gasteiger partial charge < -0.3 is 42.8 Å². The van der Waals surface area contributed by atoms with Crippen LogP contribution in [0.2, 0.25) is 0 Å². The molecule has 2 aromatic rings. The van der Waals surface area contributed by atoms with Gasteiger partial charge in [-0.25, -0.2) is 0 Å². The lowest BCUT2D eigenvalue weighted by Gasteiger charge is -2.38. The third kappa shape index (κ3) is 12.0. The summed E-state index contributed by atoms with van der Waals surface area (Å²) in [6, 6.07) is 14.5. The number of carbonyl (C=O) groups excluding carboxylic acids is 5. The van der Waals surface area contributed by atoms with Crippen molar-refractivity contribution in [1.82, 2.24) is 20.9 Å². The molecule has 270 valence electrons. The molecule has 13 heteroatoms. The number of carbonyl (C=O) groups is 5. The van der Waals surface area contributed by atoms with Gasteiger partial charge in [0.1, 0.15) is 23.7 Å². The van der Waals surface area contributed by atoms with E-state index < -0.39 is 53.4 Å². The number of benzene rings is 2. The number of nitrogens with one attached hydrogen (secondary N) is 3. The Morgan fingerprint density at radius 2 is 1.36 bits per heavy atom. The molecule has 3 rings (SSSR count). The molecule has 1 heterocycles. The van der Waals surface area contributed by atoms with Crippen LogP contribution in [0.4, 0.5) is 0 Å². The Bertz CT molecular complexity index is 1490. The Morgan fingerprint density at radius 3 is 1.92 bits per heavy atom. The predicted octanol–water partition coefficient (Wildman–Crippen LogP) is 0.289. The van der Waals surface area contributed by atoms with Crippen LogP contribution >= 0.6 is 0 Å². The summed E-state index contributed by atoms with van der Waals surface area (Å²) in [4.78, 5) is 68.3. The zero-order valence-corrected chi connectivity index (χ0v) is 29.0. The smallest absolute Gasteiger partial charge is 0.325 e. The number of methoxy groups -OCH3 is 1. The van der Waals surface area contributed by atoms with Crippen molar-refractivity contribution in [1.29, 1.82) is 0 Å². The maximum absolute atomic E-state index is 13.8. The van der Waals surface area contributed by atoms with Crippen LogP contribution in [0.25, 0.3) is 0 Å². The van der Waals surface area contributed by atoms with Gasteiger partial charge in [0.05, 0.1) is 13.2 Å². The highest BCUT2D eigenvalue weighted by atomic mass is 16.5. The second-order valence-corrected chi connectivity index (χ2v) is 12.6. The molecule has 4 atom stereocenters. The number of rotatable bonds is 17. The highest BCUT2D eigenvalue weighted by molar-refractivity contribution is 5.95. The predicted molar refractivity (Wildman–Crippen MR) is 190 cm³/mol. The summed E-state index contributed by atoms with van der Waals surface area (Å²) in [7, 11) is 1.27. The van der Waals surface area contributed by atoms with Crippen LogP contribution in [-0.4, -0.2) is 90.9 Å². The van der Waals surface area contributed by atoms with E-state index in [-0.39, 0.29) is 51.1 Å². The zero-order chi connectivity index (χ0) is 36.5. The molecule has 1 unspecified atom stereocenters. The average molecular weight is 690 g/mol. The number of esters is 1. The second kappa shape index (κ2) is 20.0. The highest BCUT2D eigenvalue weighted by Crippen LogP contribution is 2.22. The van der Waals surface area contributed by atoms with Gasteiger partial charge in [-0.3, -0.25) is 24.0 Å². The van der Waals surface area contributed by atoms with Crippen LogP contribution in [-0.2, 0) is 41.6 Å². The Balaban J connectivity index is 1.77. The number of nitrogens with two attached hydrogens (primary N) is 3. The second-order valence-electron chi connectivity index (χ2n) is 12.6. The van der Waals surface area contributed by atoms with Crippen molar-refractivity contribution in [2.75, 3.05) is 26.7 Å². The molecule has 1 aliphatic rings. The number of likely N-dealkylation sites (tertiary alicyclic amines) is 1. The fourth-order valence-corrected chi connectivity index (χ4v) is 5.76. The molecule has 9 N–H and O–H groups in total. The van der Waals surface area contributed by atoms with Crippen molar-refractivity contribution >= 4 is 29.6 Å². The first-order chi connectivity index (χ1) is 24.0. The van der Waals surface area contributed by atoms with E-state index in [2.05, 4.69) is 27.8 Å². The maximum atomic E-state index is 13.8. The third-order valence-corrected chi connectivity index (χ3v) is 8.79. The van der Waals surface area contributed by atoms with Gasteiger partial charge in [0.2, 0.25) is 23.6 Å². The highest BCUT2D eigenvalue weighted by Gasteiger charge is 2.41. The standard InChI is InChI=1S/C37H51N7O6/c1-3-4-17-29(33(46)42-30(18-11-12-21-38)35(48)44-22-19-37(40,20-23-44)36(49)50-2)41-34(47)31(25-27-15-9-6-10-16-27)43-32(45)28(39)24-26-13-7-5-8-14-26/h5-10,13-16,28-31H,11-12,17-25,38-40H2,1-2H3,(H,41,47)(H,42,46)(H,43,45)/t28-,29?,30-,31-/m1/s1. The van der Waals surface area contributed by atoms with Gasteiger partial charge in [-0.1, -0.05) is 60.7 Å². The van der Waals surface area contributed by atoms with E-state index in [1.165, 1.54) is 7.11 Å². The molecule has 0 saturated carbocycles. The zero-order valence-electron chi connectivity index (χ0n) is 29.0. The molecule has 50 heavy (non-hydrogen) atoms. The maximum Gasteiger partial charge on any atom is 0.325 e. The molecule has 4 amide bonds. The van der Waals surface area contributed by atoms with Gasteiger partial charge in [-0.15, -0.1) is 11.8 Å². The fourth-order valence-electron chi connectivity index (χ4n) is 5.76. The Morgan fingerprint density at radius 1 is 0.820 bits per heavy atom. The largest absolute Gasteiger partial charge is 0.468 e. The number of hydrogen-bond donors (Lipinski definition) is 6. The van der Waals surface area contributed by atoms with Crippen LogP contribution in [0.15, 0.2) is 60.7 Å². The van der Waals surface area contributed by atoms with E-state index in [0.717, 1.165) is 11.1 Å². The van der Waals surface area contributed by atoms with E-state index in [1.807, 2.05) is 60.7 Å². The summed E-state index contributed by atoms with van der Waals surface area (Å²) >= 11 is 0. The van der Waals surface area contributed by atoms with Crippen molar-refractivity contribution in [3.8, 4) is 11.8 Å². The summed E-state index contributed by atoms with van der Waals surface area (Å²) < 4.78 is 4.84. The topological polar surface area (TPSA) is 212 Å². The molecule has 1 saturated heterocycles. The van der Waals surface area contributed by atoms with Gasteiger partial charge >= 0.3 is 5.97 Å². The van der Waals surface area contributed by atoms with Crippen LogP contribution < -0.4 is 33.2 Å². The number of amides is 4. The minimum Gasteiger partial charge on any atom is -0.468 e. The van der Waals surface area contributed by atoms with Crippen LogP contribution in [0.5, 0.6) is 0 Å². The van der Waals surface area contributed by atoms with E-state index in [1.54, 1.807) is 11.8 Å². The van der Waals surface area contributed by atoms with E-state index >= 15 is 0 Å². The first-order valence-corrected chi connectivity index (χ1v) is 17.0. The summed E-state index contributed by atoms with van der Waals surface area (Å²) in [6.45, 7) is 2.46. The molecule has 0 radical (unpaired) electrons. The molecule has 1 aliphatic heterocycles. The Labute approximate surface area is 294 Å². The minimum atomic E-state index is -1.19. The van der Waals surface area contributed by atoms with Gasteiger partial charge in [0.15, 0.2) is 0 Å². The molecule has 1 fully saturated rings. The van der Waals surface area contributed by atoms with Crippen molar-refractivity contribution in [2.45, 2.75) is 88.0 Å². The van der Waals surface area contributed by atoms with Gasteiger partial charge in [-0.05, 0) is 63.1 Å². The quantitative estimate of drug-likeness (QED) is 0.0764. The minimum absolute atomic E-state index is 0.0319. The number of ether oxygens (including phenoxy) is 1. The first-order valence-electron chi connectivity index (χ1n) is 17.0. The van der Waals surface area contributed by atoms with Crippen LogP contribution in [0.3, 0.4) is 0 Å². The molecule has 2 aromatic carbocycles. The summed E-state index contributed by atoms with van der Waals surface area (Å²) in [6.07, 6.45) is 2.34. The number of unbranched alkanes of at least 4 members (excludes halogenated alkanes) is 1. The van der Waals surface area contributed by atoms with E-state index in [0.29, 0.717) is 25.8 Å². The van der Waals surface area contributed by atoms with Gasteiger partial charge in [0, 0.05) is 25.9 Å². The Kier molecular flexibility index (Phi) is 15.9. The van der Waals surface area contributed by atoms with Crippen LogP contribution in [0, 0.1) is 11.8 Å². The fraction of sp³-hybridized carbons (Fsp3) is 0.486. The first kappa shape index (κ1) is 39.7. The lowest BCUT2D eigenvalue weighted by molar-refractivity contribution is -0.151. The van der Waals surface area contributed by atoms with Crippen molar-refractivity contribution in [3.05, 3.63) is 71.8 Å². The van der Waals surface area contributed by atoms with Crippen LogP contribution in [0.1, 0.15) is 56.6 Å². The van der Waals surface area contributed by atoms with Gasteiger partial charge in [0.25, 0.3) is 0 Å². The van der Waals surface area contributed by atoms with Crippen molar-refractivity contribution < 1.29 is 28.7 Å². The number of hydrogen-bond acceptors (Lipinski definition) is 9. The van der Waals surface area contributed by atoms with E-state index in [4.69, 9.17) is 21.9 Å². The third-order valence-electron chi connectivity index (χ3n) is 8.79. The number of nitrogens with zero attached hydrogens (tertiary/aromatic N) is 1. The van der Waals surface area contributed by atoms with Gasteiger partial charge in [-0.2, -0.15) is 0 Å². The summed E-state index contributed by atoms with van der Waals surface area (Å²) in [5, 5.41) is 8.38. The average Bonchev–Trinajstić information content (AvgIpc) is 3.12. The normalized spacial score (nSPS) is 16.0. The summed E-state index contributed by atoms with van der Waals surface area (Å²) in [5.74, 6) is 3.03. The molecule has 0 bridgehead atoms. The number of piperidine rings is 1. The molecular formula is C37H51N7O6.